The van der Waals surface area contributed by atoms with E-state index in [4.69, 9.17) is 0 Å². The predicted octanol–water partition coefficient (Wildman–Crippen LogP) is 4.10. The zero-order valence-electron chi connectivity index (χ0n) is 9.96. The summed E-state index contributed by atoms with van der Waals surface area (Å²) in [6.07, 6.45) is 4.32. The molecule has 0 aliphatic carbocycles. The second-order valence-electron chi connectivity index (χ2n) is 3.66. The van der Waals surface area contributed by atoms with Gasteiger partial charge in [0.15, 0.2) is 0 Å². The highest BCUT2D eigenvalue weighted by Gasteiger charge is 2.00. The second-order valence-corrected chi connectivity index (χ2v) is 3.66. The monoisotopic (exact) mass is 201 g/mol. The second kappa shape index (κ2) is 5.40. The molecule has 0 amide bonds. The topological polar surface area (TPSA) is 12.0 Å². The van der Waals surface area contributed by atoms with Crippen LogP contribution in [-0.4, -0.2) is 7.05 Å². The van der Waals surface area contributed by atoms with E-state index in [1.165, 1.54) is 22.4 Å². The molecule has 0 saturated carbocycles. The van der Waals surface area contributed by atoms with Gasteiger partial charge in [-0.3, -0.25) is 0 Å². The number of hydrogen-bond acceptors (Lipinski definition) is 1. The van der Waals surface area contributed by atoms with Gasteiger partial charge in [0, 0.05) is 18.3 Å². The first-order valence-corrected chi connectivity index (χ1v) is 5.27. The van der Waals surface area contributed by atoms with E-state index in [1.54, 1.807) is 0 Å². The molecule has 0 atom stereocenters. The van der Waals surface area contributed by atoms with E-state index in [0.29, 0.717) is 0 Å². The summed E-state index contributed by atoms with van der Waals surface area (Å²) < 4.78 is 0. The molecule has 0 radical (unpaired) electrons. The van der Waals surface area contributed by atoms with Crippen LogP contribution in [0.4, 0.5) is 5.69 Å². The average molecular weight is 201 g/mol. The van der Waals surface area contributed by atoms with Gasteiger partial charge in [0.1, 0.15) is 0 Å². The van der Waals surface area contributed by atoms with Crippen molar-refractivity contribution < 1.29 is 0 Å². The molecular formula is C14H19N. The van der Waals surface area contributed by atoms with Gasteiger partial charge in [0.05, 0.1) is 0 Å². The molecule has 0 saturated heterocycles. The normalized spacial score (nSPS) is 12.8. The van der Waals surface area contributed by atoms with Gasteiger partial charge in [-0.05, 0) is 32.4 Å². The Kier molecular flexibility index (Phi) is 4.17. The maximum atomic E-state index is 3.21. The van der Waals surface area contributed by atoms with Gasteiger partial charge < -0.3 is 5.32 Å². The Morgan fingerprint density at radius 2 is 1.87 bits per heavy atom. The van der Waals surface area contributed by atoms with Crippen molar-refractivity contribution >= 4 is 11.3 Å². The Balaban J connectivity index is 3.10. The molecular weight excluding hydrogens is 182 g/mol. The average Bonchev–Trinajstić information content (AvgIpc) is 2.28. The molecule has 15 heavy (non-hydrogen) atoms. The van der Waals surface area contributed by atoms with E-state index in [-0.39, 0.29) is 0 Å². The number of nitrogens with one attached hydrogen (secondary N) is 1. The van der Waals surface area contributed by atoms with Gasteiger partial charge in [0.2, 0.25) is 0 Å². The van der Waals surface area contributed by atoms with Crippen LogP contribution < -0.4 is 5.32 Å². The molecule has 0 bridgehead atoms. The Morgan fingerprint density at radius 3 is 2.47 bits per heavy atom. The van der Waals surface area contributed by atoms with Crippen LogP contribution >= 0.6 is 0 Å². The number of para-hydroxylation sites is 1. The third-order valence-corrected chi connectivity index (χ3v) is 2.52. The minimum absolute atomic E-state index is 1.18. The third kappa shape index (κ3) is 2.98. The van der Waals surface area contributed by atoms with Crippen molar-refractivity contribution in [1.82, 2.24) is 0 Å². The molecule has 1 rings (SSSR count). The summed E-state index contributed by atoms with van der Waals surface area (Å²) >= 11 is 0. The van der Waals surface area contributed by atoms with E-state index < -0.39 is 0 Å². The number of allylic oxidation sites excluding steroid dienone is 4. The number of hydrogen-bond donors (Lipinski definition) is 1. The first kappa shape index (κ1) is 11.6. The molecule has 0 fully saturated rings. The highest BCUT2D eigenvalue weighted by atomic mass is 14.8. The first-order valence-electron chi connectivity index (χ1n) is 5.27. The maximum absolute atomic E-state index is 3.21. The summed E-state index contributed by atoms with van der Waals surface area (Å²) in [4.78, 5) is 0. The minimum atomic E-state index is 1.18. The molecule has 1 heteroatoms. The van der Waals surface area contributed by atoms with Crippen molar-refractivity contribution in [3.8, 4) is 0 Å². The lowest BCUT2D eigenvalue weighted by Gasteiger charge is -2.09. The van der Waals surface area contributed by atoms with Crippen LogP contribution in [0.5, 0.6) is 0 Å². The van der Waals surface area contributed by atoms with E-state index in [1.807, 2.05) is 13.1 Å². The molecule has 1 aromatic rings. The smallest absolute Gasteiger partial charge is 0.0413 e. The zero-order chi connectivity index (χ0) is 11.3. The van der Waals surface area contributed by atoms with E-state index in [0.717, 1.165) is 0 Å². The molecule has 1 aromatic carbocycles. The fourth-order valence-electron chi connectivity index (χ4n) is 1.55. The van der Waals surface area contributed by atoms with Crippen LogP contribution in [-0.2, 0) is 0 Å². The van der Waals surface area contributed by atoms with Crippen LogP contribution in [0.3, 0.4) is 0 Å². The first-order chi connectivity index (χ1) is 7.19. The maximum Gasteiger partial charge on any atom is 0.0413 e. The van der Waals surface area contributed by atoms with Crippen molar-refractivity contribution in [2.45, 2.75) is 20.8 Å². The van der Waals surface area contributed by atoms with E-state index >= 15 is 0 Å². The van der Waals surface area contributed by atoms with Crippen molar-refractivity contribution in [2.75, 3.05) is 12.4 Å². The van der Waals surface area contributed by atoms with E-state index in [2.05, 4.69) is 56.4 Å². The predicted molar refractivity (Wildman–Crippen MR) is 69.1 cm³/mol. The molecule has 0 heterocycles. The summed E-state index contributed by atoms with van der Waals surface area (Å²) in [5.74, 6) is 0. The van der Waals surface area contributed by atoms with Gasteiger partial charge in [0.25, 0.3) is 0 Å². The van der Waals surface area contributed by atoms with Crippen LogP contribution in [0.1, 0.15) is 26.3 Å². The molecule has 0 unspecified atom stereocenters. The highest BCUT2D eigenvalue weighted by Crippen LogP contribution is 2.23. The van der Waals surface area contributed by atoms with Crippen LogP contribution in [0, 0.1) is 0 Å². The van der Waals surface area contributed by atoms with Crippen LogP contribution in [0.25, 0.3) is 5.57 Å². The van der Waals surface area contributed by atoms with Crippen molar-refractivity contribution in [3.63, 3.8) is 0 Å². The lowest BCUT2D eigenvalue weighted by molar-refractivity contribution is 1.43. The Bertz CT molecular complexity index is 386. The number of anilines is 1. The summed E-state index contributed by atoms with van der Waals surface area (Å²) in [6.45, 7) is 6.32. The van der Waals surface area contributed by atoms with E-state index in [9.17, 15) is 0 Å². The van der Waals surface area contributed by atoms with Gasteiger partial charge >= 0.3 is 0 Å². The Labute approximate surface area is 92.5 Å². The Hall–Kier alpha value is -1.50. The molecule has 0 aromatic heterocycles. The zero-order valence-corrected chi connectivity index (χ0v) is 9.96. The van der Waals surface area contributed by atoms with Gasteiger partial charge in [-0.15, -0.1) is 0 Å². The van der Waals surface area contributed by atoms with Gasteiger partial charge in [-0.25, -0.2) is 0 Å². The van der Waals surface area contributed by atoms with Crippen LogP contribution in [0.2, 0.25) is 0 Å². The fourth-order valence-corrected chi connectivity index (χ4v) is 1.55. The SMILES string of the molecule is C/C=C(C)\C=C(/C)c1ccccc1NC. The third-order valence-electron chi connectivity index (χ3n) is 2.52. The van der Waals surface area contributed by atoms with Gasteiger partial charge in [-0.2, -0.15) is 0 Å². The molecule has 0 aliphatic heterocycles. The lowest BCUT2D eigenvalue weighted by Crippen LogP contribution is -1.93. The molecule has 1 nitrogen and oxygen atoms in total. The van der Waals surface area contributed by atoms with Crippen molar-refractivity contribution in [2.24, 2.45) is 0 Å². The molecule has 0 spiro atoms. The lowest BCUT2D eigenvalue weighted by atomic mass is 10.0. The largest absolute Gasteiger partial charge is 0.388 e. The number of benzene rings is 1. The quantitative estimate of drug-likeness (QED) is 0.726. The van der Waals surface area contributed by atoms with Crippen LogP contribution in [0.15, 0.2) is 42.0 Å². The summed E-state index contributed by atoms with van der Waals surface area (Å²) in [7, 11) is 1.95. The fraction of sp³-hybridized carbons (Fsp3) is 0.286. The highest BCUT2D eigenvalue weighted by molar-refractivity contribution is 5.76. The summed E-state index contributed by atoms with van der Waals surface area (Å²) in [5, 5.41) is 3.21. The van der Waals surface area contributed by atoms with Crippen molar-refractivity contribution in [3.05, 3.63) is 47.6 Å². The number of rotatable bonds is 3. The molecule has 1 N–H and O–H groups in total. The van der Waals surface area contributed by atoms with Gasteiger partial charge in [-0.1, -0.05) is 35.9 Å². The molecule has 0 aliphatic rings. The Morgan fingerprint density at radius 1 is 1.20 bits per heavy atom. The standard InChI is InChI=1S/C14H19N/c1-5-11(2)10-12(3)13-8-6-7-9-14(13)15-4/h5-10,15H,1-4H3/b11-5-,12-10+. The van der Waals surface area contributed by atoms with Crippen molar-refractivity contribution in [1.29, 1.82) is 0 Å². The summed E-state index contributed by atoms with van der Waals surface area (Å²) in [5.41, 5.74) is 5.02. The minimum Gasteiger partial charge on any atom is -0.388 e. The summed E-state index contributed by atoms with van der Waals surface area (Å²) in [6, 6.07) is 8.35. The molecule has 80 valence electrons.